The molecular formula is C11H19O. The van der Waals surface area contributed by atoms with Crippen molar-refractivity contribution in [2.24, 2.45) is 0 Å². The second-order valence-electron chi connectivity index (χ2n) is 3.47. The van der Waals surface area contributed by atoms with Gasteiger partial charge >= 0.3 is 0 Å². The highest BCUT2D eigenvalue weighted by atomic mass is 16.3. The van der Waals surface area contributed by atoms with Crippen LogP contribution in [-0.2, 0) is 0 Å². The van der Waals surface area contributed by atoms with Crippen LogP contribution in [-0.4, -0.2) is 10.7 Å². The number of rotatable bonds is 5. The monoisotopic (exact) mass is 167 g/mol. The fourth-order valence-corrected chi connectivity index (χ4v) is 0.838. The zero-order valence-electron chi connectivity index (χ0n) is 8.30. The van der Waals surface area contributed by atoms with Gasteiger partial charge in [-0.05, 0) is 33.1 Å². The Balaban J connectivity index is 3.77. The van der Waals surface area contributed by atoms with Gasteiger partial charge in [-0.1, -0.05) is 31.2 Å². The van der Waals surface area contributed by atoms with Gasteiger partial charge in [-0.3, -0.25) is 0 Å². The minimum Gasteiger partial charge on any atom is -0.386 e. The van der Waals surface area contributed by atoms with Crippen molar-refractivity contribution in [2.75, 3.05) is 0 Å². The molecular weight excluding hydrogens is 148 g/mol. The molecule has 0 aliphatic carbocycles. The lowest BCUT2D eigenvalue weighted by atomic mass is 9.99. The molecule has 1 atom stereocenters. The molecule has 0 heterocycles. The molecule has 1 heteroatoms. The van der Waals surface area contributed by atoms with Crippen LogP contribution in [0.25, 0.3) is 0 Å². The Bertz CT molecular complexity index is 166. The molecule has 0 spiro atoms. The van der Waals surface area contributed by atoms with Crippen molar-refractivity contribution in [3.8, 4) is 0 Å². The number of aliphatic hydroxyl groups is 1. The highest BCUT2D eigenvalue weighted by Crippen LogP contribution is 2.14. The van der Waals surface area contributed by atoms with E-state index in [9.17, 15) is 5.11 Å². The summed E-state index contributed by atoms with van der Waals surface area (Å²) in [7, 11) is 0. The first-order valence-corrected chi connectivity index (χ1v) is 4.46. The summed E-state index contributed by atoms with van der Waals surface area (Å²) < 4.78 is 0. The molecule has 0 saturated heterocycles. The summed E-state index contributed by atoms with van der Waals surface area (Å²) in [5.41, 5.74) is 0.549. The summed E-state index contributed by atoms with van der Waals surface area (Å²) in [4.78, 5) is 0. The van der Waals surface area contributed by atoms with Crippen molar-refractivity contribution < 1.29 is 5.11 Å². The molecule has 12 heavy (non-hydrogen) atoms. The van der Waals surface area contributed by atoms with Gasteiger partial charge in [-0.15, -0.1) is 0 Å². The van der Waals surface area contributed by atoms with Gasteiger partial charge in [0.2, 0.25) is 0 Å². The smallest absolute Gasteiger partial charge is 0.0805 e. The van der Waals surface area contributed by atoms with E-state index >= 15 is 0 Å². The average molecular weight is 167 g/mol. The predicted octanol–water partition coefficient (Wildman–Crippen LogP) is 2.86. The van der Waals surface area contributed by atoms with E-state index in [1.165, 1.54) is 11.6 Å². The van der Waals surface area contributed by atoms with Gasteiger partial charge in [0.1, 0.15) is 0 Å². The molecule has 0 aromatic heterocycles. The van der Waals surface area contributed by atoms with Crippen molar-refractivity contribution in [3.05, 3.63) is 24.3 Å². The Hall–Kier alpha value is -0.560. The first kappa shape index (κ1) is 11.4. The maximum atomic E-state index is 9.50. The first-order chi connectivity index (χ1) is 5.52. The molecule has 0 amide bonds. The molecule has 1 radical (unpaired) electrons. The van der Waals surface area contributed by atoms with E-state index in [2.05, 4.69) is 19.9 Å². The molecule has 1 nitrogen and oxygen atoms in total. The first-order valence-electron chi connectivity index (χ1n) is 4.46. The average Bonchev–Trinajstić information content (AvgIpc) is 2.04. The van der Waals surface area contributed by atoms with Crippen LogP contribution in [0.5, 0.6) is 0 Å². The van der Waals surface area contributed by atoms with E-state index in [0.717, 1.165) is 12.8 Å². The van der Waals surface area contributed by atoms with Gasteiger partial charge in [-0.2, -0.15) is 0 Å². The molecule has 1 N–H and O–H groups in total. The molecule has 0 aliphatic rings. The molecule has 1 unspecified atom stereocenters. The topological polar surface area (TPSA) is 20.2 Å². The van der Waals surface area contributed by atoms with Gasteiger partial charge < -0.3 is 5.11 Å². The third-order valence-corrected chi connectivity index (χ3v) is 2.06. The Morgan fingerprint density at radius 2 is 2.17 bits per heavy atom. The molecule has 0 rings (SSSR count). The maximum absolute atomic E-state index is 9.50. The number of hydrogen-bond acceptors (Lipinski definition) is 1. The minimum absolute atomic E-state index is 0.695. The van der Waals surface area contributed by atoms with Crippen LogP contribution in [0, 0.1) is 6.58 Å². The van der Waals surface area contributed by atoms with E-state index in [-0.39, 0.29) is 0 Å². The van der Waals surface area contributed by atoms with Gasteiger partial charge in [0.15, 0.2) is 0 Å². The largest absolute Gasteiger partial charge is 0.386 e. The summed E-state index contributed by atoms with van der Waals surface area (Å²) in [5, 5.41) is 9.50. The fourth-order valence-electron chi connectivity index (χ4n) is 0.838. The summed E-state index contributed by atoms with van der Waals surface area (Å²) in [6, 6.07) is 0. The van der Waals surface area contributed by atoms with Gasteiger partial charge in [-0.25, -0.2) is 0 Å². The SMILES string of the molecule is [CH]=CC(C)(O)CC/C=C(\C)CC. The number of hydrogen-bond donors (Lipinski definition) is 1. The molecule has 0 aliphatic heterocycles. The van der Waals surface area contributed by atoms with Gasteiger partial charge in [0, 0.05) is 0 Å². The summed E-state index contributed by atoms with van der Waals surface area (Å²) in [6.07, 6.45) is 6.16. The Kier molecular flexibility index (Phi) is 4.91. The molecule has 0 bridgehead atoms. The van der Waals surface area contributed by atoms with Crippen molar-refractivity contribution in [1.29, 1.82) is 0 Å². The zero-order chi connectivity index (χ0) is 9.61. The minimum atomic E-state index is -0.815. The third-order valence-electron chi connectivity index (χ3n) is 2.06. The van der Waals surface area contributed by atoms with Crippen LogP contribution in [0.3, 0.4) is 0 Å². The van der Waals surface area contributed by atoms with Crippen molar-refractivity contribution >= 4 is 0 Å². The predicted molar refractivity (Wildman–Crippen MR) is 52.8 cm³/mol. The maximum Gasteiger partial charge on any atom is 0.0805 e. The third kappa shape index (κ3) is 5.14. The van der Waals surface area contributed by atoms with Crippen molar-refractivity contribution in [3.63, 3.8) is 0 Å². The second kappa shape index (κ2) is 5.15. The van der Waals surface area contributed by atoms with E-state index in [1.54, 1.807) is 6.92 Å². The quantitative estimate of drug-likeness (QED) is 0.624. The molecule has 0 aromatic carbocycles. The van der Waals surface area contributed by atoms with Crippen LogP contribution < -0.4 is 0 Å². The van der Waals surface area contributed by atoms with Crippen LogP contribution in [0.4, 0.5) is 0 Å². The van der Waals surface area contributed by atoms with Crippen molar-refractivity contribution in [1.82, 2.24) is 0 Å². The Morgan fingerprint density at radius 3 is 2.58 bits per heavy atom. The molecule has 0 saturated carbocycles. The standard InChI is InChI=1S/C11H19O/c1-5-10(3)8-7-9-11(4,12)6-2/h2,6,8,12H,5,7,9H2,1,3-4H3/b6-2?,10-8+. The lowest BCUT2D eigenvalue weighted by Gasteiger charge is -2.16. The normalized spacial score (nSPS) is 17.2. The van der Waals surface area contributed by atoms with Crippen LogP contribution in [0.1, 0.15) is 40.0 Å². The highest BCUT2D eigenvalue weighted by Gasteiger charge is 2.13. The van der Waals surface area contributed by atoms with Crippen LogP contribution in [0.2, 0.25) is 0 Å². The number of allylic oxidation sites excluding steroid dienone is 2. The van der Waals surface area contributed by atoms with Gasteiger partial charge in [0.25, 0.3) is 0 Å². The fraction of sp³-hybridized carbons (Fsp3) is 0.636. The lowest BCUT2D eigenvalue weighted by molar-refractivity contribution is 0.103. The summed E-state index contributed by atoms with van der Waals surface area (Å²) in [5.74, 6) is 0. The molecule has 69 valence electrons. The summed E-state index contributed by atoms with van der Waals surface area (Å²) in [6.45, 7) is 11.2. The van der Waals surface area contributed by atoms with Crippen LogP contribution >= 0.6 is 0 Å². The van der Waals surface area contributed by atoms with E-state index in [4.69, 9.17) is 6.58 Å². The van der Waals surface area contributed by atoms with Crippen molar-refractivity contribution in [2.45, 2.75) is 45.6 Å². The van der Waals surface area contributed by atoms with Crippen LogP contribution in [0.15, 0.2) is 17.7 Å². The summed E-state index contributed by atoms with van der Waals surface area (Å²) >= 11 is 0. The Morgan fingerprint density at radius 1 is 1.58 bits per heavy atom. The van der Waals surface area contributed by atoms with E-state index < -0.39 is 5.60 Å². The molecule has 0 fully saturated rings. The van der Waals surface area contributed by atoms with E-state index in [0.29, 0.717) is 6.42 Å². The van der Waals surface area contributed by atoms with Gasteiger partial charge in [0.05, 0.1) is 5.60 Å². The second-order valence-corrected chi connectivity index (χ2v) is 3.47. The lowest BCUT2D eigenvalue weighted by Crippen LogP contribution is -2.19. The Labute approximate surface area is 75.8 Å². The van der Waals surface area contributed by atoms with E-state index in [1.807, 2.05) is 0 Å². The molecule has 0 aromatic rings. The zero-order valence-corrected chi connectivity index (χ0v) is 8.30. The highest BCUT2D eigenvalue weighted by molar-refractivity contribution is 4.99.